The van der Waals surface area contributed by atoms with Gasteiger partial charge in [-0.3, -0.25) is 4.57 Å². The molecule has 4 aromatic rings. The zero-order chi connectivity index (χ0) is 23.2. The Labute approximate surface area is 192 Å². The van der Waals surface area contributed by atoms with Crippen LogP contribution in [0.5, 0.6) is 0 Å². The van der Waals surface area contributed by atoms with Gasteiger partial charge in [-0.2, -0.15) is 9.78 Å². The van der Waals surface area contributed by atoms with Gasteiger partial charge in [0.25, 0.3) is 0 Å². The minimum atomic E-state index is -0.0872. The number of rotatable bonds is 9. The number of nitrogens with zero attached hydrogens (tertiary/aromatic N) is 7. The van der Waals surface area contributed by atoms with Crippen LogP contribution < -0.4 is 5.69 Å². The van der Waals surface area contributed by atoms with Crippen molar-refractivity contribution in [1.82, 2.24) is 34.6 Å². The minimum Gasteiger partial charge on any atom is -0.274 e. The Kier molecular flexibility index (Phi) is 6.79. The normalized spacial score (nSPS) is 11.1. The van der Waals surface area contributed by atoms with E-state index in [1.165, 1.54) is 0 Å². The van der Waals surface area contributed by atoms with Gasteiger partial charge in [-0.15, -0.1) is 17.4 Å². The van der Waals surface area contributed by atoms with E-state index in [0.717, 1.165) is 34.6 Å². The average molecular weight is 442 g/mol. The highest BCUT2D eigenvalue weighted by Crippen LogP contribution is 2.26. The Morgan fingerprint density at radius 2 is 1.88 bits per heavy atom. The third-order valence-electron chi connectivity index (χ3n) is 5.52. The molecule has 0 N–H and O–H groups in total. The molecule has 0 aliphatic carbocycles. The number of terminal acetylenes is 1. The summed E-state index contributed by atoms with van der Waals surface area (Å²) in [6.45, 7) is 5.34. The van der Waals surface area contributed by atoms with Crippen molar-refractivity contribution in [3.8, 4) is 29.2 Å². The number of hydrogen-bond acceptors (Lipinski definition) is 5. The lowest BCUT2D eigenvalue weighted by molar-refractivity contribution is 0.473. The number of para-hydroxylation sites is 1. The van der Waals surface area contributed by atoms with Gasteiger partial charge < -0.3 is 0 Å². The number of aromatic nitrogens is 7. The van der Waals surface area contributed by atoms with Crippen LogP contribution in [0.3, 0.4) is 0 Å². The second-order valence-electron chi connectivity index (χ2n) is 8.36. The van der Waals surface area contributed by atoms with Crippen LogP contribution in [-0.4, -0.2) is 34.6 Å². The highest BCUT2D eigenvalue weighted by atomic mass is 16.2. The van der Waals surface area contributed by atoms with E-state index in [1.807, 2.05) is 48.5 Å². The fraction of sp³-hybridized carbons (Fsp3) is 0.320. The summed E-state index contributed by atoms with van der Waals surface area (Å²) in [6, 6.07) is 16.1. The molecule has 0 aliphatic heterocycles. The summed E-state index contributed by atoms with van der Waals surface area (Å²) >= 11 is 0. The summed E-state index contributed by atoms with van der Waals surface area (Å²) in [5.74, 6) is 3.88. The van der Waals surface area contributed by atoms with Gasteiger partial charge in [0.1, 0.15) is 12.2 Å². The minimum absolute atomic E-state index is 0.0872. The molecule has 0 saturated carbocycles. The summed E-state index contributed by atoms with van der Waals surface area (Å²) < 4.78 is 4.95. The molecular formula is C25H27N7O. The standard InChI is InChI=1S/C25H27N7O/c1-4-5-10-24-27-31(16-15-19(2)3)25(33)30(24)17-20-11-13-21(14-12-20)22-8-6-7-9-23(22)32-18-26-28-29-32/h1,6-9,11-14,18-19H,5,10,15-17H2,2-3H3. The van der Waals surface area contributed by atoms with E-state index in [-0.39, 0.29) is 5.69 Å². The van der Waals surface area contributed by atoms with Crippen LogP contribution >= 0.6 is 0 Å². The maximum absolute atomic E-state index is 13.0. The van der Waals surface area contributed by atoms with Crippen molar-refractivity contribution in [3.63, 3.8) is 0 Å². The van der Waals surface area contributed by atoms with E-state index in [4.69, 9.17) is 6.42 Å². The average Bonchev–Trinajstić information content (AvgIpc) is 3.46. The second kappa shape index (κ2) is 10.1. The predicted octanol–water partition coefficient (Wildman–Crippen LogP) is 3.35. The highest BCUT2D eigenvalue weighted by Gasteiger charge is 2.14. The quantitative estimate of drug-likeness (QED) is 0.372. The first-order valence-electron chi connectivity index (χ1n) is 11.1. The Hall–Kier alpha value is -3.99. The van der Waals surface area contributed by atoms with Gasteiger partial charge in [-0.25, -0.2) is 9.48 Å². The molecule has 0 bridgehead atoms. The van der Waals surface area contributed by atoms with Crippen molar-refractivity contribution < 1.29 is 0 Å². The Balaban J connectivity index is 1.60. The third kappa shape index (κ3) is 5.09. The van der Waals surface area contributed by atoms with Crippen molar-refractivity contribution in [2.75, 3.05) is 0 Å². The number of benzene rings is 2. The molecule has 0 radical (unpaired) electrons. The number of tetrazole rings is 1. The first kappa shape index (κ1) is 22.2. The lowest BCUT2D eigenvalue weighted by atomic mass is 10.0. The third-order valence-corrected chi connectivity index (χ3v) is 5.52. The van der Waals surface area contributed by atoms with Gasteiger partial charge >= 0.3 is 5.69 Å². The topological polar surface area (TPSA) is 83.4 Å². The molecule has 8 nitrogen and oxygen atoms in total. The van der Waals surface area contributed by atoms with Crippen LogP contribution in [0.4, 0.5) is 0 Å². The van der Waals surface area contributed by atoms with E-state index in [0.29, 0.717) is 31.8 Å². The maximum Gasteiger partial charge on any atom is 0.346 e. The second-order valence-corrected chi connectivity index (χ2v) is 8.36. The van der Waals surface area contributed by atoms with E-state index in [9.17, 15) is 4.79 Å². The van der Waals surface area contributed by atoms with Gasteiger partial charge in [0.05, 0.1) is 12.2 Å². The van der Waals surface area contributed by atoms with Crippen LogP contribution in [0, 0.1) is 18.3 Å². The van der Waals surface area contributed by atoms with Gasteiger partial charge in [0.2, 0.25) is 0 Å². The molecule has 0 atom stereocenters. The van der Waals surface area contributed by atoms with Crippen LogP contribution in [0.2, 0.25) is 0 Å². The summed E-state index contributed by atoms with van der Waals surface area (Å²) in [7, 11) is 0. The van der Waals surface area contributed by atoms with Crippen LogP contribution in [0.25, 0.3) is 16.8 Å². The Morgan fingerprint density at radius 1 is 1.09 bits per heavy atom. The summed E-state index contributed by atoms with van der Waals surface area (Å²) in [5.41, 5.74) is 3.89. The molecular weight excluding hydrogens is 414 g/mol. The Morgan fingerprint density at radius 3 is 2.58 bits per heavy atom. The molecule has 0 saturated heterocycles. The predicted molar refractivity (Wildman–Crippen MR) is 127 cm³/mol. The molecule has 0 unspecified atom stereocenters. The fourth-order valence-corrected chi connectivity index (χ4v) is 3.70. The molecule has 0 fully saturated rings. The van der Waals surface area contributed by atoms with Gasteiger partial charge in [0.15, 0.2) is 0 Å². The zero-order valence-electron chi connectivity index (χ0n) is 18.9. The van der Waals surface area contributed by atoms with Gasteiger partial charge in [0, 0.05) is 24.9 Å². The zero-order valence-corrected chi connectivity index (χ0v) is 18.9. The van der Waals surface area contributed by atoms with Gasteiger partial charge in [-0.05, 0) is 40.0 Å². The van der Waals surface area contributed by atoms with Crippen LogP contribution in [0.15, 0.2) is 59.7 Å². The van der Waals surface area contributed by atoms with E-state index < -0.39 is 0 Å². The first-order valence-corrected chi connectivity index (χ1v) is 11.1. The summed E-state index contributed by atoms with van der Waals surface area (Å²) in [5, 5.41) is 16.1. The monoisotopic (exact) mass is 441 g/mol. The Bertz CT molecular complexity index is 1290. The van der Waals surface area contributed by atoms with E-state index in [2.05, 4.69) is 40.4 Å². The molecule has 2 heterocycles. The summed E-state index contributed by atoms with van der Waals surface area (Å²) in [6.07, 6.45) is 9.07. The first-order chi connectivity index (χ1) is 16.1. The van der Waals surface area contributed by atoms with Crippen molar-refractivity contribution in [2.45, 2.75) is 46.2 Å². The van der Waals surface area contributed by atoms with E-state index >= 15 is 0 Å². The SMILES string of the molecule is C#CCCc1nn(CCC(C)C)c(=O)n1Cc1ccc(-c2ccccc2-n2cnnn2)cc1. The largest absolute Gasteiger partial charge is 0.346 e. The van der Waals surface area contributed by atoms with Crippen molar-refractivity contribution in [1.29, 1.82) is 0 Å². The molecule has 0 amide bonds. The van der Waals surface area contributed by atoms with Gasteiger partial charge in [-0.1, -0.05) is 56.3 Å². The smallest absolute Gasteiger partial charge is 0.274 e. The lowest BCUT2D eigenvalue weighted by Crippen LogP contribution is -2.26. The summed E-state index contributed by atoms with van der Waals surface area (Å²) in [4.78, 5) is 13.0. The van der Waals surface area contributed by atoms with Crippen LogP contribution in [0.1, 0.15) is 38.1 Å². The van der Waals surface area contributed by atoms with Crippen molar-refractivity contribution >= 4 is 0 Å². The molecule has 168 valence electrons. The maximum atomic E-state index is 13.0. The molecule has 4 rings (SSSR count). The molecule has 8 heteroatoms. The van der Waals surface area contributed by atoms with E-state index in [1.54, 1.807) is 20.3 Å². The van der Waals surface area contributed by atoms with Crippen molar-refractivity contribution in [2.24, 2.45) is 5.92 Å². The molecule has 0 spiro atoms. The number of aryl methyl sites for hydroxylation is 2. The molecule has 0 aliphatic rings. The highest BCUT2D eigenvalue weighted by molar-refractivity contribution is 5.72. The molecule has 2 aromatic carbocycles. The van der Waals surface area contributed by atoms with Crippen LogP contribution in [-0.2, 0) is 19.5 Å². The molecule has 33 heavy (non-hydrogen) atoms. The van der Waals surface area contributed by atoms with Crippen molar-refractivity contribution in [3.05, 3.63) is 76.7 Å². The fourth-order valence-electron chi connectivity index (χ4n) is 3.70. The molecule has 2 aromatic heterocycles. The number of hydrogen-bond donors (Lipinski definition) is 0. The lowest BCUT2D eigenvalue weighted by Gasteiger charge is -2.10.